The molecule has 11 rings (SSSR count). The molecule has 246 valence electrons. The quantitative estimate of drug-likeness (QED) is 0.174. The third-order valence-corrected chi connectivity index (χ3v) is 10.6. The summed E-state index contributed by atoms with van der Waals surface area (Å²) in [6.45, 7) is 8.12. The molecule has 53 heavy (non-hydrogen) atoms. The molecule has 8 aromatic carbocycles. The van der Waals surface area contributed by atoms with Crippen molar-refractivity contribution < 1.29 is 8.83 Å². The van der Waals surface area contributed by atoms with Crippen LogP contribution in [0, 0.1) is 6.57 Å². The second-order valence-electron chi connectivity index (χ2n) is 13.5. The predicted octanol–water partition coefficient (Wildman–Crippen LogP) is 14.1. The Morgan fingerprint density at radius 1 is 0.415 bits per heavy atom. The van der Waals surface area contributed by atoms with Crippen molar-refractivity contribution in [1.82, 2.24) is 4.57 Å². The average molecular weight is 677 g/mol. The summed E-state index contributed by atoms with van der Waals surface area (Å²) in [6, 6.07) is 59.2. The first-order valence-corrected chi connectivity index (χ1v) is 17.7. The molecule has 0 saturated carbocycles. The average Bonchev–Trinajstić information content (AvgIpc) is 3.91. The molecule has 0 aliphatic carbocycles. The number of nitrogens with zero attached hydrogens (tertiary/aromatic N) is 2. The third-order valence-electron chi connectivity index (χ3n) is 10.6. The van der Waals surface area contributed by atoms with Crippen LogP contribution in [-0.4, -0.2) is 4.57 Å². The van der Waals surface area contributed by atoms with Crippen molar-refractivity contribution in [2.45, 2.75) is 0 Å². The Morgan fingerprint density at radius 3 is 1.72 bits per heavy atom. The van der Waals surface area contributed by atoms with Crippen molar-refractivity contribution >= 4 is 71.4 Å². The summed E-state index contributed by atoms with van der Waals surface area (Å²) in [5.74, 6) is 0. The van der Waals surface area contributed by atoms with E-state index in [0.717, 1.165) is 88.0 Å². The molecule has 11 aromatic rings. The van der Waals surface area contributed by atoms with Gasteiger partial charge in [0.25, 0.3) is 0 Å². The Bertz CT molecular complexity index is 3190. The molecule has 0 N–H and O–H groups in total. The van der Waals surface area contributed by atoms with Crippen LogP contribution >= 0.6 is 0 Å². The molecule has 0 aliphatic heterocycles. The molecule has 3 heterocycles. The number of hydrogen-bond acceptors (Lipinski definition) is 2. The highest BCUT2D eigenvalue weighted by molar-refractivity contribution is 6.22. The van der Waals surface area contributed by atoms with E-state index in [1.807, 2.05) is 36.4 Å². The number of aromatic nitrogens is 1. The second-order valence-corrected chi connectivity index (χ2v) is 13.5. The number of rotatable bonds is 4. The Balaban J connectivity index is 1.22. The Kier molecular flexibility index (Phi) is 6.28. The van der Waals surface area contributed by atoms with E-state index >= 15 is 0 Å². The van der Waals surface area contributed by atoms with Gasteiger partial charge in [0.1, 0.15) is 16.7 Å². The summed E-state index contributed by atoms with van der Waals surface area (Å²) >= 11 is 0. The fourth-order valence-corrected chi connectivity index (χ4v) is 8.26. The molecular weight excluding hydrogens is 649 g/mol. The van der Waals surface area contributed by atoms with Crippen molar-refractivity contribution in [3.8, 4) is 39.1 Å². The fraction of sp³-hybridized carbons (Fsp3) is 0. The minimum atomic E-state index is 0.484. The van der Waals surface area contributed by atoms with Gasteiger partial charge in [-0.25, -0.2) is 4.85 Å². The lowest BCUT2D eigenvalue weighted by atomic mass is 9.95. The molecule has 0 bridgehead atoms. The summed E-state index contributed by atoms with van der Waals surface area (Å²) in [5.41, 5.74) is 13.3. The predicted molar refractivity (Wildman–Crippen MR) is 218 cm³/mol. The summed E-state index contributed by atoms with van der Waals surface area (Å²) in [7, 11) is 0. The van der Waals surface area contributed by atoms with E-state index in [1.54, 1.807) is 0 Å². The van der Waals surface area contributed by atoms with Gasteiger partial charge in [0.15, 0.2) is 5.58 Å². The molecule has 0 saturated heterocycles. The first kappa shape index (κ1) is 29.4. The molecule has 3 aromatic heterocycles. The Morgan fingerprint density at radius 2 is 1.02 bits per heavy atom. The lowest BCUT2D eigenvalue weighted by Crippen LogP contribution is -1.94. The summed E-state index contributed by atoms with van der Waals surface area (Å²) < 4.78 is 15.5. The van der Waals surface area contributed by atoms with Crippen LogP contribution in [0.15, 0.2) is 179 Å². The highest BCUT2D eigenvalue weighted by Crippen LogP contribution is 2.47. The first-order valence-electron chi connectivity index (χ1n) is 17.7. The van der Waals surface area contributed by atoms with Crippen molar-refractivity contribution in [1.29, 1.82) is 0 Å². The normalized spacial score (nSPS) is 11.8. The van der Waals surface area contributed by atoms with Gasteiger partial charge in [0.2, 0.25) is 5.69 Å². The van der Waals surface area contributed by atoms with Crippen molar-refractivity contribution in [2.75, 3.05) is 0 Å². The van der Waals surface area contributed by atoms with Gasteiger partial charge in [-0.15, -0.1) is 0 Å². The molecule has 0 amide bonds. The van der Waals surface area contributed by atoms with Crippen LogP contribution in [0.2, 0.25) is 0 Å². The Labute approximate surface area is 304 Å². The summed E-state index contributed by atoms with van der Waals surface area (Å²) in [6.07, 6.45) is 0. The summed E-state index contributed by atoms with van der Waals surface area (Å²) in [5, 5.41) is 6.31. The van der Waals surface area contributed by atoms with Crippen LogP contribution in [0.3, 0.4) is 0 Å². The molecule has 0 fully saturated rings. The fourth-order valence-electron chi connectivity index (χ4n) is 8.26. The highest BCUT2D eigenvalue weighted by atomic mass is 16.3. The second kappa shape index (κ2) is 11.3. The lowest BCUT2D eigenvalue weighted by molar-refractivity contribution is 0.668. The van der Waals surface area contributed by atoms with E-state index in [2.05, 4.69) is 143 Å². The number of hydrogen-bond donors (Lipinski definition) is 0. The smallest absolute Gasteiger partial charge is 0.229 e. The molecule has 0 radical (unpaired) electrons. The number of furan rings is 2. The highest BCUT2D eigenvalue weighted by Gasteiger charge is 2.23. The first-order chi connectivity index (χ1) is 26.2. The van der Waals surface area contributed by atoms with E-state index < -0.39 is 0 Å². The zero-order valence-corrected chi connectivity index (χ0v) is 28.4. The van der Waals surface area contributed by atoms with E-state index in [0.29, 0.717) is 11.3 Å². The van der Waals surface area contributed by atoms with Gasteiger partial charge in [-0.1, -0.05) is 127 Å². The summed E-state index contributed by atoms with van der Waals surface area (Å²) in [4.78, 5) is 3.93. The van der Waals surface area contributed by atoms with Crippen LogP contribution in [-0.2, 0) is 0 Å². The maximum absolute atomic E-state index is 8.12. The zero-order chi connectivity index (χ0) is 35.0. The standard InChI is InChI=1S/C49H28N2O2/c1-50-40-25-24-35(34-17-11-21-45-46(34)36-16-8-9-20-44(36)52-45)47-37-18-10-19-43(48(37)53-49(40)47)51-41-26-22-32(30-12-4-2-5-13-30)28-38(41)39-29-33(23-27-42(39)51)31-14-6-3-7-15-31/h2-29H. The van der Waals surface area contributed by atoms with Gasteiger partial charge in [-0.3, -0.25) is 0 Å². The number of benzene rings is 8. The largest absolute Gasteiger partial charge is 0.465 e. The van der Waals surface area contributed by atoms with Gasteiger partial charge in [-0.05, 0) is 75.8 Å². The molecule has 0 unspecified atom stereocenters. The van der Waals surface area contributed by atoms with Gasteiger partial charge in [0, 0.05) is 32.3 Å². The van der Waals surface area contributed by atoms with E-state index in [4.69, 9.17) is 15.4 Å². The maximum Gasteiger partial charge on any atom is 0.229 e. The van der Waals surface area contributed by atoms with Crippen molar-refractivity contribution in [3.63, 3.8) is 0 Å². The molecule has 4 nitrogen and oxygen atoms in total. The number of para-hydroxylation sites is 2. The van der Waals surface area contributed by atoms with Gasteiger partial charge >= 0.3 is 0 Å². The topological polar surface area (TPSA) is 35.6 Å². The molecule has 0 aliphatic rings. The van der Waals surface area contributed by atoms with Crippen LogP contribution < -0.4 is 0 Å². The lowest BCUT2D eigenvalue weighted by Gasteiger charge is -2.10. The molecule has 0 spiro atoms. The minimum Gasteiger partial charge on any atom is -0.465 e. The molecule has 4 heteroatoms. The van der Waals surface area contributed by atoms with Gasteiger partial charge in [-0.2, -0.15) is 0 Å². The maximum atomic E-state index is 8.12. The Hall–Kier alpha value is -7.35. The molecule has 0 atom stereocenters. The zero-order valence-electron chi connectivity index (χ0n) is 28.4. The van der Waals surface area contributed by atoms with E-state index in [1.165, 1.54) is 11.1 Å². The number of fused-ring (bicyclic) bond motifs is 9. The minimum absolute atomic E-state index is 0.484. The van der Waals surface area contributed by atoms with Gasteiger partial charge in [0.05, 0.1) is 23.3 Å². The van der Waals surface area contributed by atoms with Crippen LogP contribution in [0.25, 0.3) is 110 Å². The monoisotopic (exact) mass is 676 g/mol. The van der Waals surface area contributed by atoms with Crippen molar-refractivity contribution in [2.24, 2.45) is 0 Å². The van der Waals surface area contributed by atoms with E-state index in [9.17, 15) is 0 Å². The third kappa shape index (κ3) is 4.35. The van der Waals surface area contributed by atoms with Crippen LogP contribution in [0.4, 0.5) is 5.69 Å². The molecular formula is C49H28N2O2. The van der Waals surface area contributed by atoms with E-state index in [-0.39, 0.29) is 0 Å². The van der Waals surface area contributed by atoms with Crippen LogP contribution in [0.5, 0.6) is 0 Å². The van der Waals surface area contributed by atoms with Gasteiger partial charge < -0.3 is 13.4 Å². The van der Waals surface area contributed by atoms with Crippen molar-refractivity contribution in [3.05, 3.63) is 181 Å². The van der Waals surface area contributed by atoms with Crippen LogP contribution in [0.1, 0.15) is 0 Å². The SMILES string of the molecule is [C-]#[N+]c1ccc(-c2cccc3oc4ccccc4c23)c2c1oc1c(-n3c4ccc(-c5ccccc5)cc4c4cc(-c5ccccc5)ccc43)cccc12.